The molecule has 25 heavy (non-hydrogen) atoms. The van der Waals surface area contributed by atoms with Gasteiger partial charge in [-0.1, -0.05) is 16.8 Å². The van der Waals surface area contributed by atoms with E-state index < -0.39 is 10.0 Å². The number of hydrogen-bond acceptors (Lipinski definition) is 7. The zero-order valence-corrected chi connectivity index (χ0v) is 15.8. The third kappa shape index (κ3) is 4.20. The second-order valence-corrected chi connectivity index (χ2v) is 9.57. The summed E-state index contributed by atoms with van der Waals surface area (Å²) >= 11 is 6.86. The lowest BCUT2D eigenvalue weighted by Crippen LogP contribution is -2.42. The number of sulfonamides is 1. The van der Waals surface area contributed by atoms with Crippen LogP contribution in [0.5, 0.6) is 0 Å². The van der Waals surface area contributed by atoms with E-state index in [1.165, 1.54) is 10.4 Å². The molecule has 2 aromatic rings. The Bertz CT molecular complexity index is 856. The predicted molar refractivity (Wildman–Crippen MR) is 91.7 cm³/mol. The fourth-order valence-electron chi connectivity index (χ4n) is 2.64. The van der Waals surface area contributed by atoms with Gasteiger partial charge in [-0.25, -0.2) is 8.42 Å². The molecule has 2 aromatic heterocycles. The van der Waals surface area contributed by atoms with Gasteiger partial charge in [-0.15, -0.1) is 11.3 Å². The van der Waals surface area contributed by atoms with Crippen LogP contribution in [0.1, 0.15) is 24.6 Å². The van der Waals surface area contributed by atoms with Crippen molar-refractivity contribution < 1.29 is 17.7 Å². The number of carbonyl (C=O) groups is 1. The van der Waals surface area contributed by atoms with Crippen LogP contribution in [-0.4, -0.2) is 41.9 Å². The summed E-state index contributed by atoms with van der Waals surface area (Å²) in [5, 5.41) is 6.41. The smallest absolute Gasteiger partial charge is 0.252 e. The van der Waals surface area contributed by atoms with Gasteiger partial charge in [-0.3, -0.25) is 4.79 Å². The number of nitrogens with zero attached hydrogens (tertiary/aromatic N) is 3. The van der Waals surface area contributed by atoms with E-state index in [1.807, 2.05) is 0 Å². The van der Waals surface area contributed by atoms with E-state index in [9.17, 15) is 13.2 Å². The van der Waals surface area contributed by atoms with Gasteiger partial charge in [0, 0.05) is 19.0 Å². The summed E-state index contributed by atoms with van der Waals surface area (Å²) in [5.74, 6) is 0.492. The number of thiophene rings is 1. The van der Waals surface area contributed by atoms with Gasteiger partial charge in [0.1, 0.15) is 4.21 Å². The molecular weight excluding hydrogens is 388 g/mol. The Morgan fingerprint density at radius 2 is 2.16 bits per heavy atom. The Kier molecular flexibility index (Phi) is 5.42. The Balaban J connectivity index is 1.53. The average Bonchev–Trinajstić information content (AvgIpc) is 3.21. The van der Waals surface area contributed by atoms with Crippen molar-refractivity contribution in [3.63, 3.8) is 0 Å². The molecule has 0 bridgehead atoms. The standard InChI is InChI=1S/C14H17ClN4O4S2/c1-9-17-12(23-18-9)8-16-14(20)10-4-6-19(7-5-10)25(21,22)13-3-2-11(15)24-13/h2-3,10H,4-8H2,1H3,(H,16,20). The quantitative estimate of drug-likeness (QED) is 0.814. The van der Waals surface area contributed by atoms with Crippen LogP contribution in [0.4, 0.5) is 0 Å². The number of nitrogens with one attached hydrogen (secondary N) is 1. The van der Waals surface area contributed by atoms with Crippen molar-refractivity contribution in [2.24, 2.45) is 5.92 Å². The van der Waals surface area contributed by atoms with Gasteiger partial charge in [0.05, 0.1) is 10.9 Å². The maximum atomic E-state index is 12.5. The zero-order valence-electron chi connectivity index (χ0n) is 13.4. The monoisotopic (exact) mass is 404 g/mol. The first-order chi connectivity index (χ1) is 11.9. The number of halogens is 1. The summed E-state index contributed by atoms with van der Waals surface area (Å²) in [4.78, 5) is 16.2. The van der Waals surface area contributed by atoms with Gasteiger partial charge < -0.3 is 9.84 Å². The van der Waals surface area contributed by atoms with Crippen molar-refractivity contribution in [3.8, 4) is 0 Å². The number of piperidine rings is 1. The summed E-state index contributed by atoms with van der Waals surface area (Å²) in [7, 11) is -3.54. The van der Waals surface area contributed by atoms with E-state index >= 15 is 0 Å². The molecule has 3 rings (SSSR count). The van der Waals surface area contributed by atoms with Gasteiger partial charge in [0.15, 0.2) is 5.82 Å². The fourth-order valence-corrected chi connectivity index (χ4v) is 5.75. The summed E-state index contributed by atoms with van der Waals surface area (Å²) < 4.78 is 32.1. The topological polar surface area (TPSA) is 105 Å². The highest BCUT2D eigenvalue weighted by Gasteiger charge is 2.32. The lowest BCUT2D eigenvalue weighted by Gasteiger charge is -2.30. The molecule has 0 radical (unpaired) electrons. The molecule has 136 valence electrons. The number of carbonyl (C=O) groups excluding carboxylic acids is 1. The van der Waals surface area contributed by atoms with Crippen molar-refractivity contribution in [2.45, 2.75) is 30.5 Å². The van der Waals surface area contributed by atoms with E-state index in [1.54, 1.807) is 13.0 Å². The minimum absolute atomic E-state index is 0.132. The van der Waals surface area contributed by atoms with Crippen LogP contribution in [0.3, 0.4) is 0 Å². The molecule has 1 saturated heterocycles. The molecule has 0 aliphatic carbocycles. The number of hydrogen-bond donors (Lipinski definition) is 1. The molecule has 3 heterocycles. The molecule has 0 aromatic carbocycles. The molecule has 8 nitrogen and oxygen atoms in total. The SMILES string of the molecule is Cc1noc(CNC(=O)C2CCN(S(=O)(=O)c3ccc(Cl)s3)CC2)n1. The van der Waals surface area contributed by atoms with Crippen LogP contribution >= 0.6 is 22.9 Å². The lowest BCUT2D eigenvalue weighted by molar-refractivity contribution is -0.126. The van der Waals surface area contributed by atoms with Crippen molar-refractivity contribution in [2.75, 3.05) is 13.1 Å². The number of aryl methyl sites for hydroxylation is 1. The van der Waals surface area contributed by atoms with E-state index in [0.717, 1.165) is 11.3 Å². The zero-order chi connectivity index (χ0) is 18.0. The van der Waals surface area contributed by atoms with Crippen molar-refractivity contribution in [1.82, 2.24) is 19.8 Å². The third-order valence-electron chi connectivity index (χ3n) is 3.95. The van der Waals surface area contributed by atoms with Gasteiger partial charge in [-0.2, -0.15) is 9.29 Å². The molecule has 1 N–H and O–H groups in total. The highest BCUT2D eigenvalue weighted by Crippen LogP contribution is 2.30. The van der Waals surface area contributed by atoms with E-state index in [2.05, 4.69) is 15.5 Å². The maximum Gasteiger partial charge on any atom is 0.252 e. The molecule has 1 fully saturated rings. The molecule has 0 spiro atoms. The molecular formula is C14H17ClN4O4S2. The van der Waals surface area contributed by atoms with E-state index in [4.69, 9.17) is 16.1 Å². The normalized spacial score (nSPS) is 16.9. The van der Waals surface area contributed by atoms with Gasteiger partial charge in [0.25, 0.3) is 10.0 Å². The van der Waals surface area contributed by atoms with Crippen LogP contribution < -0.4 is 5.32 Å². The molecule has 0 unspecified atom stereocenters. The first-order valence-corrected chi connectivity index (χ1v) is 10.3. The van der Waals surface area contributed by atoms with Crippen LogP contribution in [0.2, 0.25) is 4.34 Å². The van der Waals surface area contributed by atoms with Crippen molar-refractivity contribution in [3.05, 3.63) is 28.2 Å². The van der Waals surface area contributed by atoms with Gasteiger partial charge in [-0.05, 0) is 31.9 Å². The molecule has 0 atom stereocenters. The molecule has 11 heteroatoms. The first-order valence-electron chi connectivity index (χ1n) is 7.68. The summed E-state index contributed by atoms with van der Waals surface area (Å²) in [5.41, 5.74) is 0. The third-order valence-corrected chi connectivity index (χ3v) is 7.55. The summed E-state index contributed by atoms with van der Waals surface area (Å²) in [6.07, 6.45) is 0.931. The van der Waals surface area contributed by atoms with Crippen molar-refractivity contribution in [1.29, 1.82) is 0 Å². The summed E-state index contributed by atoms with van der Waals surface area (Å²) in [6.45, 7) is 2.48. The van der Waals surface area contributed by atoms with Crippen LogP contribution in [0.25, 0.3) is 0 Å². The van der Waals surface area contributed by atoms with Gasteiger partial charge in [0.2, 0.25) is 11.8 Å². The number of aromatic nitrogens is 2. The van der Waals surface area contributed by atoms with Crippen LogP contribution in [-0.2, 0) is 21.4 Å². The second kappa shape index (κ2) is 7.40. The minimum Gasteiger partial charge on any atom is -0.347 e. The Morgan fingerprint density at radius 1 is 1.44 bits per heavy atom. The number of amides is 1. The Morgan fingerprint density at radius 3 is 2.72 bits per heavy atom. The molecule has 0 saturated carbocycles. The largest absolute Gasteiger partial charge is 0.347 e. The van der Waals surface area contributed by atoms with Crippen LogP contribution in [0, 0.1) is 12.8 Å². The van der Waals surface area contributed by atoms with E-state index in [0.29, 0.717) is 42.0 Å². The van der Waals surface area contributed by atoms with E-state index in [-0.39, 0.29) is 22.6 Å². The maximum absolute atomic E-state index is 12.5. The fraction of sp³-hybridized carbons (Fsp3) is 0.500. The molecule has 1 amide bonds. The summed E-state index contributed by atoms with van der Waals surface area (Å²) in [6, 6.07) is 3.08. The van der Waals surface area contributed by atoms with Crippen molar-refractivity contribution >= 4 is 38.9 Å². The average molecular weight is 405 g/mol. The highest BCUT2D eigenvalue weighted by atomic mass is 35.5. The second-order valence-electron chi connectivity index (χ2n) is 5.69. The Labute approximate surface area is 154 Å². The first kappa shape index (κ1) is 18.3. The Hall–Kier alpha value is -1.49. The molecule has 1 aliphatic rings. The highest BCUT2D eigenvalue weighted by molar-refractivity contribution is 7.91. The van der Waals surface area contributed by atoms with Crippen LogP contribution in [0.15, 0.2) is 20.9 Å². The minimum atomic E-state index is -3.54. The number of rotatable bonds is 5. The lowest BCUT2D eigenvalue weighted by atomic mass is 9.97. The molecule has 1 aliphatic heterocycles. The van der Waals surface area contributed by atoms with Gasteiger partial charge >= 0.3 is 0 Å². The predicted octanol–water partition coefficient (Wildman–Crippen LogP) is 1.81.